The Kier molecular flexibility index (Phi) is 8.37. The minimum absolute atomic E-state index is 0.0354. The van der Waals surface area contributed by atoms with Gasteiger partial charge in [0.25, 0.3) is 5.91 Å². The lowest BCUT2D eigenvalue weighted by atomic mass is 9.97. The van der Waals surface area contributed by atoms with E-state index in [-0.39, 0.29) is 5.91 Å². The van der Waals surface area contributed by atoms with Gasteiger partial charge in [-0.15, -0.1) is 11.3 Å². The second kappa shape index (κ2) is 10.7. The van der Waals surface area contributed by atoms with Gasteiger partial charge in [0.15, 0.2) is 0 Å². The summed E-state index contributed by atoms with van der Waals surface area (Å²) in [6.45, 7) is 6.04. The Balaban J connectivity index is 0.000000469. The molecule has 162 valence electrons. The summed E-state index contributed by atoms with van der Waals surface area (Å²) in [5.74, 6) is -2.92. The average molecular weight is 435 g/mol. The molecular weight excluding hydrogens is 408 g/mol. The zero-order valence-electron chi connectivity index (χ0n) is 17.1. The number of methoxy groups -OCH3 is 1. The van der Waals surface area contributed by atoms with Crippen molar-refractivity contribution in [3.05, 3.63) is 51.7 Å². The third-order valence-corrected chi connectivity index (χ3v) is 6.06. The van der Waals surface area contributed by atoms with Crippen LogP contribution in [-0.4, -0.2) is 59.2 Å². The molecule has 8 nitrogen and oxygen atoms in total. The van der Waals surface area contributed by atoms with Crippen LogP contribution in [0.1, 0.15) is 40.7 Å². The van der Waals surface area contributed by atoms with Crippen LogP contribution < -0.4 is 10.1 Å². The fourth-order valence-electron chi connectivity index (χ4n) is 3.41. The number of nitrogens with zero attached hydrogens (tertiary/aromatic N) is 1. The van der Waals surface area contributed by atoms with Crippen molar-refractivity contribution in [1.29, 1.82) is 0 Å². The summed E-state index contributed by atoms with van der Waals surface area (Å²) in [5, 5.41) is 20.0. The lowest BCUT2D eigenvalue weighted by Gasteiger charge is -2.38. The van der Waals surface area contributed by atoms with Gasteiger partial charge in [0, 0.05) is 35.6 Å². The van der Waals surface area contributed by atoms with Crippen molar-refractivity contribution in [2.24, 2.45) is 0 Å². The molecule has 1 aromatic heterocycles. The molecule has 3 N–H and O–H groups in total. The highest BCUT2D eigenvalue weighted by atomic mass is 32.1. The number of rotatable bonds is 5. The van der Waals surface area contributed by atoms with Crippen LogP contribution in [0.3, 0.4) is 0 Å². The normalized spacial score (nSPS) is 17.8. The fraction of sp³-hybridized carbons (Fsp3) is 0.381. The van der Waals surface area contributed by atoms with Crippen molar-refractivity contribution in [1.82, 2.24) is 10.2 Å². The Bertz CT molecular complexity index is 868. The molecule has 0 saturated heterocycles. The van der Waals surface area contributed by atoms with Crippen molar-refractivity contribution >= 4 is 29.2 Å². The SMILES string of the molecule is COc1ccc(C(=O)NCCN2[C@H](C)Cc3ccsc3[C@@H]2C)cc1.O=C(O)C(=O)O. The van der Waals surface area contributed by atoms with Crippen LogP contribution >= 0.6 is 11.3 Å². The molecule has 1 amide bonds. The number of benzene rings is 1. The van der Waals surface area contributed by atoms with Gasteiger partial charge in [0.05, 0.1) is 7.11 Å². The van der Waals surface area contributed by atoms with Crippen molar-refractivity contribution in [2.45, 2.75) is 32.4 Å². The van der Waals surface area contributed by atoms with E-state index in [1.54, 1.807) is 19.2 Å². The predicted molar refractivity (Wildman–Crippen MR) is 113 cm³/mol. The van der Waals surface area contributed by atoms with Crippen molar-refractivity contribution in [2.75, 3.05) is 20.2 Å². The number of carboxylic acid groups (broad SMARTS) is 2. The second-order valence-corrected chi connectivity index (χ2v) is 7.82. The van der Waals surface area contributed by atoms with Crippen LogP contribution in [0, 0.1) is 0 Å². The Labute approximate surface area is 179 Å². The summed E-state index contributed by atoms with van der Waals surface area (Å²) < 4.78 is 5.12. The first-order valence-corrected chi connectivity index (χ1v) is 10.3. The molecular formula is C21H26N2O6S. The summed E-state index contributed by atoms with van der Waals surface area (Å²) >= 11 is 1.84. The van der Waals surface area contributed by atoms with E-state index in [9.17, 15) is 4.79 Å². The van der Waals surface area contributed by atoms with Gasteiger partial charge in [-0.1, -0.05) is 0 Å². The van der Waals surface area contributed by atoms with Gasteiger partial charge in [-0.3, -0.25) is 9.69 Å². The number of fused-ring (bicyclic) bond motifs is 1. The Hall–Kier alpha value is -2.91. The van der Waals surface area contributed by atoms with E-state index < -0.39 is 11.9 Å². The lowest BCUT2D eigenvalue weighted by molar-refractivity contribution is -0.159. The van der Waals surface area contributed by atoms with Crippen LogP contribution in [-0.2, 0) is 16.0 Å². The predicted octanol–water partition coefficient (Wildman–Crippen LogP) is 2.65. The number of carboxylic acids is 2. The minimum atomic E-state index is -1.82. The van der Waals surface area contributed by atoms with E-state index in [0.29, 0.717) is 24.2 Å². The highest BCUT2D eigenvalue weighted by Crippen LogP contribution is 2.35. The van der Waals surface area contributed by atoms with E-state index in [1.807, 2.05) is 23.5 Å². The van der Waals surface area contributed by atoms with Gasteiger partial charge in [-0.05, 0) is 61.5 Å². The molecule has 3 rings (SSSR count). The van der Waals surface area contributed by atoms with Gasteiger partial charge >= 0.3 is 11.9 Å². The molecule has 0 aliphatic carbocycles. The van der Waals surface area contributed by atoms with Gasteiger partial charge in [-0.2, -0.15) is 0 Å². The largest absolute Gasteiger partial charge is 0.497 e. The van der Waals surface area contributed by atoms with Crippen molar-refractivity contribution in [3.63, 3.8) is 0 Å². The first-order chi connectivity index (χ1) is 14.2. The number of carbonyl (C=O) groups excluding carboxylic acids is 1. The van der Waals surface area contributed by atoms with E-state index >= 15 is 0 Å². The molecule has 1 aromatic carbocycles. The highest BCUT2D eigenvalue weighted by Gasteiger charge is 2.29. The zero-order valence-corrected chi connectivity index (χ0v) is 17.9. The van der Waals surface area contributed by atoms with Crippen molar-refractivity contribution in [3.8, 4) is 5.75 Å². The summed E-state index contributed by atoms with van der Waals surface area (Å²) in [4.78, 5) is 34.4. The molecule has 1 aliphatic rings. The number of amides is 1. The van der Waals surface area contributed by atoms with Crippen LogP contribution in [0.25, 0.3) is 0 Å². The molecule has 0 unspecified atom stereocenters. The molecule has 9 heteroatoms. The van der Waals surface area contributed by atoms with Gasteiger partial charge in [0.2, 0.25) is 0 Å². The maximum absolute atomic E-state index is 12.2. The maximum atomic E-state index is 12.2. The summed E-state index contributed by atoms with van der Waals surface area (Å²) in [7, 11) is 1.62. The summed E-state index contributed by atoms with van der Waals surface area (Å²) in [5.41, 5.74) is 2.15. The van der Waals surface area contributed by atoms with Gasteiger partial charge in [0.1, 0.15) is 5.75 Å². The molecule has 2 heterocycles. The zero-order chi connectivity index (χ0) is 22.3. The van der Waals surface area contributed by atoms with Gasteiger partial charge in [-0.25, -0.2) is 9.59 Å². The lowest BCUT2D eigenvalue weighted by Crippen LogP contribution is -2.44. The van der Waals surface area contributed by atoms with Crippen LogP contribution in [0.15, 0.2) is 35.7 Å². The van der Waals surface area contributed by atoms with E-state index in [0.717, 1.165) is 18.7 Å². The van der Waals surface area contributed by atoms with E-state index in [2.05, 4.69) is 35.5 Å². The Morgan fingerprint density at radius 3 is 2.33 bits per heavy atom. The molecule has 1 aliphatic heterocycles. The quantitative estimate of drug-likeness (QED) is 0.620. The number of ether oxygens (including phenoxy) is 1. The molecule has 0 bridgehead atoms. The molecule has 2 atom stereocenters. The maximum Gasteiger partial charge on any atom is 0.414 e. The van der Waals surface area contributed by atoms with Gasteiger partial charge < -0.3 is 20.3 Å². The van der Waals surface area contributed by atoms with Crippen LogP contribution in [0.4, 0.5) is 0 Å². The number of nitrogens with one attached hydrogen (secondary N) is 1. The van der Waals surface area contributed by atoms with Crippen molar-refractivity contribution < 1.29 is 29.3 Å². The molecule has 0 radical (unpaired) electrons. The minimum Gasteiger partial charge on any atom is -0.497 e. The number of thiophene rings is 1. The third-order valence-electron chi connectivity index (χ3n) is 4.93. The topological polar surface area (TPSA) is 116 Å². The Morgan fingerprint density at radius 2 is 1.77 bits per heavy atom. The number of aliphatic carboxylic acids is 2. The molecule has 0 fully saturated rings. The fourth-order valence-corrected chi connectivity index (χ4v) is 4.42. The summed E-state index contributed by atoms with van der Waals surface area (Å²) in [6, 6.07) is 10.4. The first kappa shape index (κ1) is 23.4. The molecule has 0 saturated carbocycles. The monoisotopic (exact) mass is 434 g/mol. The van der Waals surface area contributed by atoms with Crippen LogP contribution in [0.2, 0.25) is 0 Å². The Morgan fingerprint density at radius 1 is 1.13 bits per heavy atom. The summed E-state index contributed by atoms with van der Waals surface area (Å²) in [6.07, 6.45) is 1.09. The molecule has 30 heavy (non-hydrogen) atoms. The van der Waals surface area contributed by atoms with E-state index in [4.69, 9.17) is 24.5 Å². The number of carbonyl (C=O) groups is 3. The van der Waals surface area contributed by atoms with E-state index in [1.165, 1.54) is 10.4 Å². The smallest absolute Gasteiger partial charge is 0.414 e. The standard InChI is InChI=1S/C19H24N2O2S.C2H2O4/c1-13-12-16-8-11-24-18(16)14(2)21(13)10-9-20-19(22)15-4-6-17(23-3)7-5-15;3-1(4)2(5)6/h4-8,11,13-14H,9-10,12H2,1-3H3,(H,20,22);(H,3,4)(H,5,6)/t13-,14+;/m1./s1. The average Bonchev–Trinajstić information content (AvgIpc) is 3.19. The number of hydrogen-bond donors (Lipinski definition) is 3. The third kappa shape index (κ3) is 6.04. The molecule has 0 spiro atoms. The molecule has 2 aromatic rings. The second-order valence-electron chi connectivity index (χ2n) is 6.87. The first-order valence-electron chi connectivity index (χ1n) is 9.45. The number of hydrogen-bond acceptors (Lipinski definition) is 6. The van der Waals surface area contributed by atoms with Crippen LogP contribution in [0.5, 0.6) is 5.75 Å². The highest BCUT2D eigenvalue weighted by molar-refractivity contribution is 7.10.